The molecule has 3 fully saturated rings. The Morgan fingerprint density at radius 3 is 1.13 bits per heavy atom. The number of ether oxygens (including phenoxy) is 2. The molecule has 1 aliphatic heterocycles. The molecule has 1 saturated heterocycles. The maximum atomic E-state index is 14.5. The molecular weight excluding hydrogens is 1210 g/mol. The molecule has 0 bridgehead atoms. The fourth-order valence-corrected chi connectivity index (χ4v) is 14.1. The Balaban J connectivity index is 0.000000216. The number of rotatable bonds is 12. The Hall–Kier alpha value is -5.57. The van der Waals surface area contributed by atoms with Gasteiger partial charge in [0.25, 0.3) is 0 Å². The number of hydrogen-bond donors (Lipinski definition) is 0. The Kier molecular flexibility index (Phi) is 28.8. The van der Waals surface area contributed by atoms with Crippen molar-refractivity contribution < 1.29 is 118 Å². The molecule has 0 atom stereocenters. The van der Waals surface area contributed by atoms with Crippen LogP contribution in [0.5, 0.6) is 5.75 Å². The zero-order valence-corrected chi connectivity index (χ0v) is 54.4. The van der Waals surface area contributed by atoms with Gasteiger partial charge in [0.05, 0.1) is 13.3 Å². The van der Waals surface area contributed by atoms with Gasteiger partial charge in [-0.05, 0) is 174 Å². The predicted molar refractivity (Wildman–Crippen MR) is 328 cm³/mol. The third-order valence-electron chi connectivity index (χ3n) is 14.0. The van der Waals surface area contributed by atoms with Gasteiger partial charge in [0.1, 0.15) is 40.6 Å². The van der Waals surface area contributed by atoms with Crippen molar-refractivity contribution in [3.8, 4) is 50.3 Å². The second kappa shape index (κ2) is 34.8. The third kappa shape index (κ3) is 20.0. The molecule has 86 heavy (non-hydrogen) atoms. The first-order chi connectivity index (χ1) is 40.1. The summed E-state index contributed by atoms with van der Waals surface area (Å²) in [5.41, 5.74) is 3.82. The molecule has 1 N–H and O–H groups in total. The maximum Gasteiger partial charge on any atom is 1.00 e. The molecule has 12 rings (SSSR count). The summed E-state index contributed by atoms with van der Waals surface area (Å²) in [4.78, 5) is 0. The van der Waals surface area contributed by atoms with Crippen LogP contribution in [0.2, 0.25) is 0 Å². The molecule has 9 aromatic rings. The van der Waals surface area contributed by atoms with Crippen LogP contribution in [0.15, 0.2) is 206 Å². The van der Waals surface area contributed by atoms with Gasteiger partial charge in [0.2, 0.25) is 0 Å². The minimum atomic E-state index is -1.57. The molecule has 2 saturated carbocycles. The summed E-state index contributed by atoms with van der Waals surface area (Å²) in [6.07, 6.45) is 13.4. The van der Waals surface area contributed by atoms with E-state index >= 15 is 0 Å². The number of allylic oxidation sites excluding steroid dienone is 1. The second-order valence-corrected chi connectivity index (χ2v) is 24.7. The normalized spacial score (nSPS) is 13.1. The molecule has 0 spiro atoms. The van der Waals surface area contributed by atoms with E-state index in [-0.39, 0.29) is 96.1 Å². The van der Waals surface area contributed by atoms with Gasteiger partial charge in [-0.25, -0.2) is 35.1 Å². The minimum absolute atomic E-state index is 0. The summed E-state index contributed by atoms with van der Waals surface area (Å²) in [7, 11) is -0.000826. The van der Waals surface area contributed by atoms with Crippen LogP contribution in [0.25, 0.3) is 50.6 Å². The summed E-state index contributed by atoms with van der Waals surface area (Å²) in [5, 5.41) is 4.55. The minimum Gasteiger partial charge on any atom is -1.00 e. The molecule has 0 amide bonds. The van der Waals surface area contributed by atoms with E-state index in [9.17, 15) is 35.1 Å². The fraction of sp³-hybridized carbons (Fsp3) is 0.208. The van der Waals surface area contributed by atoms with Gasteiger partial charge in [-0.3, -0.25) is 0 Å². The average molecular weight is 1280 g/mol. The van der Waals surface area contributed by atoms with Gasteiger partial charge >= 0.3 is 51.4 Å². The molecule has 0 unspecified atom stereocenters. The van der Waals surface area contributed by atoms with Crippen molar-refractivity contribution in [2.24, 2.45) is 11.8 Å². The van der Waals surface area contributed by atoms with Crippen LogP contribution >= 0.6 is 7.26 Å². The van der Waals surface area contributed by atoms with E-state index in [0.717, 1.165) is 60.1 Å². The fourth-order valence-electron chi connectivity index (χ4n) is 9.39. The van der Waals surface area contributed by atoms with Gasteiger partial charge in [-0.15, -0.1) is 0 Å². The van der Waals surface area contributed by atoms with E-state index in [1.165, 1.54) is 90.8 Å². The van der Waals surface area contributed by atoms with Crippen molar-refractivity contribution in [3.63, 3.8) is 0 Å². The van der Waals surface area contributed by atoms with E-state index in [4.69, 9.17) is 9.47 Å². The first-order valence-corrected chi connectivity index (χ1v) is 29.8. The number of hydrogen-bond acceptors (Lipinski definition) is 3. The van der Waals surface area contributed by atoms with Crippen LogP contribution in [0.1, 0.15) is 64.9 Å². The molecule has 2 aliphatic carbocycles. The summed E-state index contributed by atoms with van der Waals surface area (Å²) in [6.45, 7) is 8.25. The van der Waals surface area contributed by atoms with Gasteiger partial charge in [-0.1, -0.05) is 127 Å². The van der Waals surface area contributed by atoms with Crippen LogP contribution in [0, 0.1) is 64.3 Å². The third-order valence-corrected chi connectivity index (χ3v) is 18.6. The first-order valence-electron chi connectivity index (χ1n) is 27.8. The van der Waals surface area contributed by atoms with E-state index in [0.29, 0.717) is 22.8 Å². The van der Waals surface area contributed by atoms with E-state index in [1.54, 1.807) is 43.5 Å². The maximum absolute atomic E-state index is 14.5. The Bertz CT molecular complexity index is 3390. The van der Waals surface area contributed by atoms with E-state index < -0.39 is 53.8 Å². The molecule has 9 aromatic carbocycles. The molecular formula is C72H68BrF8KO3P-. The smallest absolute Gasteiger partial charge is 1.00 e. The first kappa shape index (κ1) is 71.2. The van der Waals surface area contributed by atoms with Crippen molar-refractivity contribution in [1.82, 2.24) is 0 Å². The zero-order valence-electron chi connectivity index (χ0n) is 48.8. The van der Waals surface area contributed by atoms with E-state index in [1.807, 2.05) is 24.3 Å². The number of halogens is 9. The predicted octanol–water partition coefficient (Wildman–Crippen LogP) is 13.2. The van der Waals surface area contributed by atoms with Crippen LogP contribution in [0.4, 0.5) is 35.1 Å². The van der Waals surface area contributed by atoms with Crippen molar-refractivity contribution >= 4 is 29.3 Å². The molecule has 3 nitrogen and oxygen atoms in total. The van der Waals surface area contributed by atoms with Crippen molar-refractivity contribution in [2.45, 2.75) is 59.3 Å². The summed E-state index contributed by atoms with van der Waals surface area (Å²) in [5.74, 6) is -6.15. The Labute approximate surface area is 554 Å². The van der Waals surface area contributed by atoms with Crippen LogP contribution in [-0.2, 0) is 4.74 Å². The van der Waals surface area contributed by atoms with Crippen molar-refractivity contribution in [3.05, 3.63) is 264 Å². The van der Waals surface area contributed by atoms with E-state index in [2.05, 4.69) is 124 Å². The van der Waals surface area contributed by atoms with Crippen molar-refractivity contribution in [2.75, 3.05) is 26.5 Å². The van der Waals surface area contributed by atoms with Crippen LogP contribution in [0.3, 0.4) is 0 Å². The van der Waals surface area contributed by atoms with Gasteiger partial charge in [0.15, 0.2) is 34.9 Å². The van der Waals surface area contributed by atoms with Crippen LogP contribution in [-0.4, -0.2) is 32.0 Å². The summed E-state index contributed by atoms with van der Waals surface area (Å²) in [6, 6.07) is 60.2. The molecule has 3 aliphatic rings. The standard InChI is InChI=1S/C23H16F4.C22H22P.C19H12F4O.C4H8O.C4H9.BrH.K.H2O/c24-20-11-17(16-7-5-15(6-8-16)4-3-14-1-2-14)9-10-19(20)18-12-21(25)23(27)22(26)13-18;1-4-10-20(11-5-1)23(18-19-16-17-19,21-12-6-2-7-13-21)22-14-8-3-9-15-22;1-24-14-5-2-11(3-6-14)12-4-7-15(16(20)8-12)13-9-17(21)19(23)18(22)10-13;1-2-4-5-3-1;1-4(2)3;;;/h3-14H,1-2H2;1-15,19H,16-18H2;2-10H,1H3;1-4H2;1-3H3;1H;;1H2/q;+1;;;-1;;+1;/p-2/b4-3+;;;;;;;. The monoisotopic (exact) mass is 1280 g/mol. The number of benzene rings is 9. The van der Waals surface area contributed by atoms with Gasteiger partial charge in [-0.2, -0.15) is 20.8 Å². The average Bonchev–Trinajstić information content (AvgIpc) is 1.69. The molecule has 0 aromatic heterocycles. The Morgan fingerprint density at radius 2 is 0.814 bits per heavy atom. The zero-order chi connectivity index (χ0) is 58.9. The van der Waals surface area contributed by atoms with Gasteiger partial charge in [0, 0.05) is 24.3 Å². The topological polar surface area (TPSA) is 48.5 Å². The second-order valence-electron chi connectivity index (χ2n) is 21.2. The summed E-state index contributed by atoms with van der Waals surface area (Å²) < 4.78 is 118. The summed E-state index contributed by atoms with van der Waals surface area (Å²) >= 11 is 0. The Morgan fingerprint density at radius 1 is 0.465 bits per heavy atom. The van der Waals surface area contributed by atoms with Crippen molar-refractivity contribution in [1.29, 1.82) is 0 Å². The quantitative estimate of drug-likeness (QED) is 0.0403. The van der Waals surface area contributed by atoms with Crippen LogP contribution < -0.4 is 89.0 Å². The molecule has 0 radical (unpaired) electrons. The van der Waals surface area contributed by atoms with Gasteiger partial charge < -0.3 is 37.8 Å². The molecule has 1 heterocycles. The molecule has 14 heteroatoms. The SMILES string of the molecule is C1CCOC1.COc1ccc(-c2ccc(-c3cc(F)c(F)c(F)c3)c(F)c2)cc1.C[C-](C)C.Fc1cc(-c2ccc(/C=C/C3CC3)cc2)ccc1-c1cc(F)c(F)c(F)c1.[Br-].[K+].[OH-].c1ccc([P+](CC2CC2)(c2ccccc2)c2ccccc2)cc1. The number of methoxy groups -OCH3 is 1. The molecule has 444 valence electrons. The largest absolute Gasteiger partial charge is 1.00 e.